The van der Waals surface area contributed by atoms with Crippen LogP contribution in [0.3, 0.4) is 0 Å². The van der Waals surface area contributed by atoms with E-state index in [2.05, 4.69) is 9.97 Å². The van der Waals surface area contributed by atoms with Gasteiger partial charge in [-0.3, -0.25) is 4.79 Å². The van der Waals surface area contributed by atoms with Crippen LogP contribution in [0.1, 0.15) is 69.3 Å². The summed E-state index contributed by atoms with van der Waals surface area (Å²) in [6.07, 6.45) is -1.42. The molecule has 34 heavy (non-hydrogen) atoms. The van der Waals surface area contributed by atoms with Crippen molar-refractivity contribution in [2.24, 2.45) is 11.7 Å². The lowest BCUT2D eigenvalue weighted by atomic mass is 9.82. The zero-order valence-electron chi connectivity index (χ0n) is 18.7. The summed E-state index contributed by atoms with van der Waals surface area (Å²) in [6.45, 7) is -0.00782. The molecule has 1 aliphatic rings. The lowest BCUT2D eigenvalue weighted by Gasteiger charge is -2.31. The maximum atomic E-state index is 15.4. The van der Waals surface area contributed by atoms with Gasteiger partial charge in [-0.2, -0.15) is 0 Å². The Kier molecular flexibility index (Phi) is 7.22. The number of nitrogens with two attached hydrogens (primary N) is 1. The minimum Gasteiger partial charge on any atom is -0.350 e. The number of hydrogen-bond acceptors (Lipinski definition) is 3. The van der Waals surface area contributed by atoms with Crippen LogP contribution in [0.15, 0.2) is 12.1 Å². The van der Waals surface area contributed by atoms with E-state index in [-0.39, 0.29) is 48.5 Å². The third-order valence-corrected chi connectivity index (χ3v) is 6.05. The highest BCUT2D eigenvalue weighted by molar-refractivity contribution is 5.86. The molecule has 0 bridgehead atoms. The first-order chi connectivity index (χ1) is 15.6. The van der Waals surface area contributed by atoms with E-state index in [4.69, 9.17) is 5.73 Å². The molecule has 0 saturated heterocycles. The van der Waals surface area contributed by atoms with Gasteiger partial charge in [0.2, 0.25) is 17.8 Å². The van der Waals surface area contributed by atoms with Crippen LogP contribution in [0.2, 0.25) is 0 Å². The third kappa shape index (κ3) is 6.39. The van der Waals surface area contributed by atoms with Gasteiger partial charge in [-0.25, -0.2) is 35.7 Å². The van der Waals surface area contributed by atoms with Gasteiger partial charge in [0.05, 0.1) is 24.0 Å². The standard InChI is InChI=1S/C22H27F7N4O/c1-20(24,25)9-13(19(34)31-10-21(2,26)27)12-3-4-14-17(15(12)23)33-18(32-14)16(30)11-5-7-22(28,29)8-6-11/h3-4,11,13,16H,5-10,30H2,1-2H3,(H,31,34)(H,32,33). The molecule has 1 heterocycles. The van der Waals surface area contributed by atoms with Gasteiger partial charge in [-0.1, -0.05) is 6.07 Å². The smallest absolute Gasteiger partial charge is 0.262 e. The Bertz CT molecular complexity index is 1020. The van der Waals surface area contributed by atoms with E-state index in [1.165, 1.54) is 6.07 Å². The van der Waals surface area contributed by atoms with Crippen LogP contribution in [-0.4, -0.2) is 40.2 Å². The molecule has 4 N–H and O–H groups in total. The minimum atomic E-state index is -3.39. The Morgan fingerprint density at radius 3 is 2.38 bits per heavy atom. The van der Waals surface area contributed by atoms with Crippen molar-refractivity contribution in [3.63, 3.8) is 0 Å². The van der Waals surface area contributed by atoms with E-state index in [1.807, 2.05) is 5.32 Å². The molecule has 1 fully saturated rings. The summed E-state index contributed by atoms with van der Waals surface area (Å²) in [6, 6.07) is 1.66. The number of hydrogen-bond donors (Lipinski definition) is 3. The quantitative estimate of drug-likeness (QED) is 0.427. The summed E-state index contributed by atoms with van der Waals surface area (Å²) in [4.78, 5) is 19.4. The molecule has 1 saturated carbocycles. The lowest BCUT2D eigenvalue weighted by molar-refractivity contribution is -0.126. The number of halogens is 7. The number of carbonyl (C=O) groups excluding carboxylic acids is 1. The molecule has 190 valence electrons. The first-order valence-corrected chi connectivity index (χ1v) is 10.9. The van der Waals surface area contributed by atoms with Crippen LogP contribution in [-0.2, 0) is 4.79 Å². The van der Waals surface area contributed by atoms with E-state index in [1.54, 1.807) is 0 Å². The van der Waals surface area contributed by atoms with Crippen molar-refractivity contribution in [3.05, 3.63) is 29.3 Å². The lowest BCUT2D eigenvalue weighted by Crippen LogP contribution is -2.39. The number of aromatic amines is 1. The van der Waals surface area contributed by atoms with Crippen molar-refractivity contribution in [2.45, 2.75) is 75.7 Å². The van der Waals surface area contributed by atoms with Crippen LogP contribution >= 0.6 is 0 Å². The SMILES string of the molecule is CC(F)(F)CNC(=O)C(CC(C)(F)F)c1ccc2[nH]c(C(N)C3CCC(F)(F)CC3)nc2c1F. The highest BCUT2D eigenvalue weighted by Gasteiger charge is 2.39. The maximum Gasteiger partial charge on any atom is 0.262 e. The molecular formula is C22H27F7N4O. The second kappa shape index (κ2) is 9.35. The third-order valence-electron chi connectivity index (χ3n) is 6.05. The first kappa shape index (κ1) is 26.2. The molecule has 0 aliphatic heterocycles. The largest absolute Gasteiger partial charge is 0.350 e. The van der Waals surface area contributed by atoms with Crippen LogP contribution in [0.4, 0.5) is 30.7 Å². The second-order valence-electron chi connectivity index (χ2n) is 9.32. The Morgan fingerprint density at radius 2 is 1.82 bits per heavy atom. The van der Waals surface area contributed by atoms with Gasteiger partial charge in [0.25, 0.3) is 5.92 Å². The summed E-state index contributed by atoms with van der Waals surface area (Å²) in [5, 5.41) is 1.89. The molecule has 2 atom stereocenters. The van der Waals surface area contributed by atoms with Gasteiger partial charge < -0.3 is 16.0 Å². The van der Waals surface area contributed by atoms with Crippen molar-refractivity contribution >= 4 is 16.9 Å². The van der Waals surface area contributed by atoms with Crippen molar-refractivity contribution in [1.29, 1.82) is 0 Å². The van der Waals surface area contributed by atoms with E-state index in [0.717, 1.165) is 6.07 Å². The number of rotatable bonds is 8. The maximum absolute atomic E-state index is 15.4. The van der Waals surface area contributed by atoms with E-state index in [9.17, 15) is 31.1 Å². The number of nitrogens with one attached hydrogen (secondary N) is 2. The molecule has 1 aromatic carbocycles. The van der Waals surface area contributed by atoms with Gasteiger partial charge in [0.1, 0.15) is 11.3 Å². The molecule has 12 heteroatoms. The summed E-state index contributed by atoms with van der Waals surface area (Å²) >= 11 is 0. The van der Waals surface area contributed by atoms with Crippen LogP contribution in [0.25, 0.3) is 11.0 Å². The number of fused-ring (bicyclic) bond motifs is 1. The second-order valence-corrected chi connectivity index (χ2v) is 9.32. The normalized spacial score (nSPS) is 19.2. The molecule has 1 aliphatic carbocycles. The van der Waals surface area contributed by atoms with Crippen LogP contribution in [0, 0.1) is 11.7 Å². The van der Waals surface area contributed by atoms with Gasteiger partial charge in [-0.05, 0) is 31.7 Å². The molecule has 5 nitrogen and oxygen atoms in total. The van der Waals surface area contributed by atoms with Crippen molar-refractivity contribution in [3.8, 4) is 0 Å². The van der Waals surface area contributed by atoms with E-state index >= 15 is 4.39 Å². The average molecular weight is 496 g/mol. The van der Waals surface area contributed by atoms with E-state index in [0.29, 0.717) is 13.8 Å². The van der Waals surface area contributed by atoms with Crippen molar-refractivity contribution in [1.82, 2.24) is 15.3 Å². The van der Waals surface area contributed by atoms with Crippen LogP contribution < -0.4 is 11.1 Å². The number of benzene rings is 1. The minimum absolute atomic E-state index is 0.147. The molecule has 0 radical (unpaired) electrons. The molecule has 2 unspecified atom stereocenters. The van der Waals surface area contributed by atoms with Crippen molar-refractivity contribution in [2.75, 3.05) is 6.54 Å². The monoisotopic (exact) mass is 496 g/mol. The highest BCUT2D eigenvalue weighted by Crippen LogP contribution is 2.41. The fraction of sp³-hybridized carbons (Fsp3) is 0.636. The van der Waals surface area contributed by atoms with Gasteiger partial charge in [0.15, 0.2) is 5.82 Å². The Morgan fingerprint density at radius 1 is 1.21 bits per heavy atom. The zero-order chi connectivity index (χ0) is 25.5. The predicted octanol–water partition coefficient (Wildman–Crippen LogP) is 5.43. The van der Waals surface area contributed by atoms with Crippen molar-refractivity contribution < 1.29 is 35.5 Å². The fourth-order valence-electron chi connectivity index (χ4n) is 4.22. The fourth-order valence-corrected chi connectivity index (χ4v) is 4.22. The number of H-pyrrole nitrogens is 1. The van der Waals surface area contributed by atoms with Gasteiger partial charge >= 0.3 is 0 Å². The number of carbonyl (C=O) groups is 1. The number of amides is 1. The topological polar surface area (TPSA) is 83.8 Å². The molecule has 2 aromatic rings. The Hall–Kier alpha value is -2.37. The summed E-state index contributed by atoms with van der Waals surface area (Å²) in [5.41, 5.74) is 5.68. The Balaban J connectivity index is 1.90. The number of imidazole rings is 1. The zero-order valence-corrected chi connectivity index (χ0v) is 18.7. The predicted molar refractivity (Wildman–Crippen MR) is 111 cm³/mol. The Labute approximate surface area is 191 Å². The van der Waals surface area contributed by atoms with E-state index < -0.39 is 60.0 Å². The summed E-state index contributed by atoms with van der Waals surface area (Å²) in [7, 11) is 0. The molecule has 0 spiro atoms. The molecular weight excluding hydrogens is 469 g/mol. The molecule has 3 rings (SSSR count). The number of aromatic nitrogens is 2. The van der Waals surface area contributed by atoms with Crippen LogP contribution in [0.5, 0.6) is 0 Å². The van der Waals surface area contributed by atoms with Gasteiger partial charge in [-0.15, -0.1) is 0 Å². The number of alkyl halides is 6. The first-order valence-electron chi connectivity index (χ1n) is 10.9. The average Bonchev–Trinajstić information content (AvgIpc) is 3.14. The highest BCUT2D eigenvalue weighted by atomic mass is 19.3. The number of nitrogens with zero attached hydrogens (tertiary/aromatic N) is 1. The molecule has 1 amide bonds. The summed E-state index contributed by atoms with van der Waals surface area (Å²) in [5.74, 6) is -13.6. The molecule has 1 aromatic heterocycles. The summed E-state index contributed by atoms with van der Waals surface area (Å²) < 4.78 is 96.1. The van der Waals surface area contributed by atoms with Gasteiger partial charge in [0, 0.05) is 31.7 Å².